The van der Waals surface area contributed by atoms with Crippen molar-refractivity contribution in [1.82, 2.24) is 15.0 Å². The van der Waals surface area contributed by atoms with Crippen LogP contribution < -0.4 is 16.5 Å². The SMILES string of the molecule is Nc1nc(/C(=N/OCc2cc(=O)c(O)cn2O)C(=O)NC(C=O)CO/N=C(\CCC(=O)O)C(=O)O)cs1. The van der Waals surface area contributed by atoms with Gasteiger partial charge in [0.2, 0.25) is 5.43 Å². The highest BCUT2D eigenvalue weighted by molar-refractivity contribution is 7.13. The average molecular weight is 540 g/mol. The molecule has 2 rings (SSSR count). The second-order valence-corrected chi connectivity index (χ2v) is 7.78. The van der Waals surface area contributed by atoms with Crippen molar-refractivity contribution in [2.75, 3.05) is 12.3 Å². The second-order valence-electron chi connectivity index (χ2n) is 6.89. The number of nitrogens with zero attached hydrogens (tertiary/aromatic N) is 4. The van der Waals surface area contributed by atoms with E-state index in [9.17, 15) is 34.3 Å². The fourth-order valence-electron chi connectivity index (χ4n) is 2.39. The van der Waals surface area contributed by atoms with E-state index in [2.05, 4.69) is 20.6 Å². The molecule has 0 aliphatic rings. The maximum atomic E-state index is 12.8. The Morgan fingerprint density at radius 3 is 2.57 bits per heavy atom. The van der Waals surface area contributed by atoms with Crippen LogP contribution in [-0.4, -0.2) is 78.4 Å². The normalized spacial score (nSPS) is 12.4. The lowest BCUT2D eigenvalue weighted by molar-refractivity contribution is -0.136. The fraction of sp³-hybridized carbons (Fsp3) is 0.263. The monoisotopic (exact) mass is 540 g/mol. The number of rotatable bonds is 14. The molecule has 0 aromatic carbocycles. The molecule has 0 aliphatic carbocycles. The van der Waals surface area contributed by atoms with Crippen LogP contribution in [0, 0.1) is 0 Å². The number of aromatic hydroxyl groups is 1. The van der Waals surface area contributed by atoms with E-state index in [1.54, 1.807) is 0 Å². The number of pyridine rings is 1. The number of nitrogen functional groups attached to an aromatic ring is 1. The lowest BCUT2D eigenvalue weighted by Crippen LogP contribution is -2.43. The van der Waals surface area contributed by atoms with Crippen LogP contribution in [0.15, 0.2) is 32.7 Å². The van der Waals surface area contributed by atoms with E-state index < -0.39 is 72.5 Å². The Morgan fingerprint density at radius 1 is 1.24 bits per heavy atom. The van der Waals surface area contributed by atoms with Gasteiger partial charge in [-0.2, -0.15) is 4.73 Å². The number of thiazole rings is 1. The van der Waals surface area contributed by atoms with Gasteiger partial charge in [0.15, 0.2) is 28.9 Å². The molecular formula is C19H20N6O11S. The van der Waals surface area contributed by atoms with E-state index >= 15 is 0 Å². The molecule has 0 spiro atoms. The van der Waals surface area contributed by atoms with E-state index in [-0.39, 0.29) is 22.8 Å². The van der Waals surface area contributed by atoms with Gasteiger partial charge < -0.3 is 46.0 Å². The molecule has 0 saturated heterocycles. The third-order valence-electron chi connectivity index (χ3n) is 4.17. The number of carboxylic acids is 2. The molecule has 0 radical (unpaired) electrons. The van der Waals surface area contributed by atoms with Crippen molar-refractivity contribution in [3.05, 3.63) is 39.3 Å². The zero-order valence-corrected chi connectivity index (χ0v) is 19.5. The Balaban J connectivity index is 2.13. The molecule has 2 aromatic heterocycles. The van der Waals surface area contributed by atoms with Crippen molar-refractivity contribution in [3.8, 4) is 5.75 Å². The van der Waals surface area contributed by atoms with Gasteiger partial charge in [-0.15, -0.1) is 11.3 Å². The molecule has 0 bridgehead atoms. The predicted molar refractivity (Wildman–Crippen MR) is 123 cm³/mol. The van der Waals surface area contributed by atoms with Crippen molar-refractivity contribution in [3.63, 3.8) is 0 Å². The fourth-order valence-corrected chi connectivity index (χ4v) is 2.94. The van der Waals surface area contributed by atoms with E-state index in [4.69, 9.17) is 25.6 Å². The predicted octanol–water partition coefficient (Wildman–Crippen LogP) is -1.24. The highest BCUT2D eigenvalue weighted by Gasteiger charge is 2.22. The van der Waals surface area contributed by atoms with Crippen LogP contribution in [0.25, 0.3) is 0 Å². The highest BCUT2D eigenvalue weighted by Crippen LogP contribution is 2.13. The minimum absolute atomic E-state index is 0.0440. The number of aliphatic carboxylic acids is 2. The molecule has 17 nitrogen and oxygen atoms in total. The molecule has 7 N–H and O–H groups in total. The van der Waals surface area contributed by atoms with E-state index in [0.29, 0.717) is 4.73 Å². The summed E-state index contributed by atoms with van der Waals surface area (Å²) in [5.74, 6) is -4.48. The molecule has 1 amide bonds. The van der Waals surface area contributed by atoms with Crippen LogP contribution >= 0.6 is 11.3 Å². The molecule has 37 heavy (non-hydrogen) atoms. The molecule has 198 valence electrons. The van der Waals surface area contributed by atoms with Crippen LogP contribution in [0.4, 0.5) is 5.13 Å². The number of hydrogen-bond acceptors (Lipinski definition) is 14. The maximum Gasteiger partial charge on any atom is 0.353 e. The number of nitrogens with two attached hydrogens (primary N) is 1. The van der Waals surface area contributed by atoms with Crippen LogP contribution in [0.5, 0.6) is 5.75 Å². The average Bonchev–Trinajstić information content (AvgIpc) is 3.26. The lowest BCUT2D eigenvalue weighted by atomic mass is 10.2. The summed E-state index contributed by atoms with van der Waals surface area (Å²) in [6.45, 7) is -1.14. The van der Waals surface area contributed by atoms with Gasteiger partial charge in [-0.25, -0.2) is 9.78 Å². The first-order valence-corrected chi connectivity index (χ1v) is 10.8. The quantitative estimate of drug-likeness (QED) is 0.0709. The summed E-state index contributed by atoms with van der Waals surface area (Å²) in [5, 5.41) is 47.3. The number of nitrogens with one attached hydrogen (secondary N) is 1. The number of anilines is 1. The van der Waals surface area contributed by atoms with Gasteiger partial charge in [-0.3, -0.25) is 14.4 Å². The van der Waals surface area contributed by atoms with E-state index in [0.717, 1.165) is 23.6 Å². The van der Waals surface area contributed by atoms with Gasteiger partial charge in [0.05, 0.1) is 12.6 Å². The summed E-state index contributed by atoms with van der Waals surface area (Å²) >= 11 is 0.965. The number of aromatic nitrogens is 2. The molecule has 0 saturated carbocycles. The molecule has 2 heterocycles. The van der Waals surface area contributed by atoms with Gasteiger partial charge in [-0.05, 0) is 0 Å². The third-order valence-corrected chi connectivity index (χ3v) is 4.84. The molecule has 1 atom stereocenters. The molecule has 2 aromatic rings. The van der Waals surface area contributed by atoms with Crippen molar-refractivity contribution in [2.24, 2.45) is 10.3 Å². The summed E-state index contributed by atoms with van der Waals surface area (Å²) < 4.78 is 0.412. The van der Waals surface area contributed by atoms with Gasteiger partial charge in [0.1, 0.15) is 30.3 Å². The Kier molecular flexibility index (Phi) is 10.1. The zero-order valence-electron chi connectivity index (χ0n) is 18.6. The first-order chi connectivity index (χ1) is 17.5. The standard InChI is InChI=1S/C19H20N6O11S/c20-19-22-12(8-37-19)16(24-36-7-10-3-13(27)14(28)4-25(10)34)17(31)21-9(5-26)6-35-23-11(18(32)33)1-2-15(29)30/h3-5,8-9,28,34H,1-2,6-7H2,(H2,20,22)(H,21,31)(H,29,30)(H,32,33)/b23-11+,24-16-. The number of hydrogen-bond donors (Lipinski definition) is 6. The number of carboxylic acid groups (broad SMARTS) is 2. The van der Waals surface area contributed by atoms with E-state index in [1.807, 2.05) is 0 Å². The zero-order chi connectivity index (χ0) is 27.5. The third kappa shape index (κ3) is 8.62. The number of carbonyl (C=O) groups is 4. The van der Waals surface area contributed by atoms with Crippen LogP contribution in [0.1, 0.15) is 24.2 Å². The summed E-state index contributed by atoms with van der Waals surface area (Å²) in [6.07, 6.45) is 0.0361. The number of aldehydes is 1. The second kappa shape index (κ2) is 13.2. The first kappa shape index (κ1) is 28.2. The van der Waals surface area contributed by atoms with Gasteiger partial charge in [-0.1, -0.05) is 10.3 Å². The van der Waals surface area contributed by atoms with Gasteiger partial charge in [0.25, 0.3) is 5.91 Å². The largest absolute Gasteiger partial charge is 0.503 e. The topological polar surface area (TPSA) is 265 Å². The van der Waals surface area contributed by atoms with Gasteiger partial charge >= 0.3 is 11.9 Å². The number of amides is 1. The summed E-state index contributed by atoms with van der Waals surface area (Å²) in [4.78, 5) is 71.2. The number of oxime groups is 2. The first-order valence-electron chi connectivity index (χ1n) is 9.97. The smallest absolute Gasteiger partial charge is 0.353 e. The Morgan fingerprint density at radius 2 is 1.97 bits per heavy atom. The Labute approximate surface area is 210 Å². The Bertz CT molecular complexity index is 1290. The number of carbonyl (C=O) groups excluding carboxylic acids is 2. The molecular weight excluding hydrogens is 520 g/mol. The highest BCUT2D eigenvalue weighted by atomic mass is 32.1. The Hall–Kier alpha value is -5.00. The van der Waals surface area contributed by atoms with Crippen LogP contribution in [-0.2, 0) is 35.5 Å². The van der Waals surface area contributed by atoms with Crippen molar-refractivity contribution >= 4 is 52.0 Å². The van der Waals surface area contributed by atoms with Gasteiger partial charge in [0, 0.05) is 17.9 Å². The minimum Gasteiger partial charge on any atom is -0.503 e. The molecule has 0 fully saturated rings. The van der Waals surface area contributed by atoms with Crippen LogP contribution in [0.2, 0.25) is 0 Å². The molecule has 1 unspecified atom stereocenters. The van der Waals surface area contributed by atoms with Crippen molar-refractivity contribution < 1.29 is 49.4 Å². The molecule has 0 aliphatic heterocycles. The van der Waals surface area contributed by atoms with Crippen LogP contribution in [0.3, 0.4) is 0 Å². The van der Waals surface area contributed by atoms with Crippen molar-refractivity contribution in [2.45, 2.75) is 25.5 Å². The minimum atomic E-state index is -1.53. The summed E-state index contributed by atoms with van der Waals surface area (Å²) in [7, 11) is 0. The lowest BCUT2D eigenvalue weighted by Gasteiger charge is -2.12. The van der Waals surface area contributed by atoms with E-state index in [1.165, 1.54) is 5.38 Å². The maximum absolute atomic E-state index is 12.8. The summed E-state index contributed by atoms with van der Waals surface area (Å²) in [5.41, 5.74) is 3.55. The van der Waals surface area contributed by atoms with Crippen molar-refractivity contribution in [1.29, 1.82) is 0 Å². The summed E-state index contributed by atoms with van der Waals surface area (Å²) in [6, 6.07) is -0.486. The molecule has 18 heteroatoms.